The van der Waals surface area contributed by atoms with Gasteiger partial charge in [-0.25, -0.2) is 4.39 Å². The summed E-state index contributed by atoms with van der Waals surface area (Å²) in [7, 11) is 1.66. The van der Waals surface area contributed by atoms with Crippen molar-refractivity contribution in [1.82, 2.24) is 4.90 Å². The highest BCUT2D eigenvalue weighted by atomic mass is 32.1. The first-order valence-electron chi connectivity index (χ1n) is 5.74. The van der Waals surface area contributed by atoms with E-state index in [1.54, 1.807) is 19.2 Å². The Morgan fingerprint density at radius 2 is 2.22 bits per heavy atom. The van der Waals surface area contributed by atoms with Gasteiger partial charge in [0.25, 0.3) is 0 Å². The molecule has 5 heteroatoms. The predicted molar refractivity (Wildman–Crippen MR) is 73.4 cm³/mol. The summed E-state index contributed by atoms with van der Waals surface area (Å²) in [6.45, 7) is 2.20. The van der Waals surface area contributed by atoms with Crippen molar-refractivity contribution >= 4 is 23.1 Å². The zero-order valence-corrected chi connectivity index (χ0v) is 11.3. The molecule has 0 aliphatic rings. The number of rotatable bonds is 5. The van der Waals surface area contributed by atoms with Crippen molar-refractivity contribution in [3.05, 3.63) is 35.6 Å². The lowest BCUT2D eigenvalue weighted by Crippen LogP contribution is -2.38. The largest absolute Gasteiger partial charge is 0.393 e. The second kappa shape index (κ2) is 6.44. The van der Waals surface area contributed by atoms with Gasteiger partial charge in [0.15, 0.2) is 0 Å². The van der Waals surface area contributed by atoms with Crippen molar-refractivity contribution in [3.63, 3.8) is 0 Å². The Hall–Kier alpha value is -1.49. The number of benzene rings is 1. The Kier molecular flexibility index (Phi) is 5.22. The highest BCUT2D eigenvalue weighted by molar-refractivity contribution is 7.80. The Morgan fingerprint density at radius 1 is 1.56 bits per heavy atom. The van der Waals surface area contributed by atoms with Crippen LogP contribution in [0.25, 0.3) is 0 Å². The van der Waals surface area contributed by atoms with Crippen LogP contribution >= 0.6 is 12.2 Å². The predicted octanol–water partition coefficient (Wildman–Crippen LogP) is 2.10. The highest BCUT2D eigenvalue weighted by Gasteiger charge is 2.22. The van der Waals surface area contributed by atoms with Crippen LogP contribution in [0, 0.1) is 11.7 Å². The molecule has 0 saturated carbocycles. The number of nitrogens with two attached hydrogens (primary N) is 1. The molecule has 1 aromatic carbocycles. The first kappa shape index (κ1) is 14.6. The van der Waals surface area contributed by atoms with Gasteiger partial charge in [-0.3, -0.25) is 4.79 Å². The van der Waals surface area contributed by atoms with E-state index in [1.165, 1.54) is 17.0 Å². The molecule has 0 radical (unpaired) electrons. The third kappa shape index (κ3) is 3.77. The molecule has 1 rings (SSSR count). The fourth-order valence-corrected chi connectivity index (χ4v) is 2.02. The van der Waals surface area contributed by atoms with E-state index in [0.29, 0.717) is 13.0 Å². The van der Waals surface area contributed by atoms with Crippen LogP contribution < -0.4 is 5.73 Å². The molecule has 0 bridgehead atoms. The fourth-order valence-electron chi connectivity index (χ4n) is 1.75. The molecule has 2 N–H and O–H groups in total. The fraction of sp³-hybridized carbons (Fsp3) is 0.385. The lowest BCUT2D eigenvalue weighted by atomic mass is 10.0. The van der Waals surface area contributed by atoms with Gasteiger partial charge >= 0.3 is 0 Å². The summed E-state index contributed by atoms with van der Waals surface area (Å²) in [4.78, 5) is 13.8. The number of carbonyl (C=O) groups is 1. The third-order valence-corrected chi connectivity index (χ3v) is 3.02. The van der Waals surface area contributed by atoms with Gasteiger partial charge in [-0.1, -0.05) is 31.3 Å². The molecule has 1 unspecified atom stereocenters. The van der Waals surface area contributed by atoms with E-state index >= 15 is 0 Å². The van der Waals surface area contributed by atoms with E-state index in [4.69, 9.17) is 18.0 Å². The molecule has 98 valence electrons. The van der Waals surface area contributed by atoms with Gasteiger partial charge in [0, 0.05) is 13.6 Å². The van der Waals surface area contributed by atoms with Crippen LogP contribution in [0.4, 0.5) is 4.39 Å². The SMILES string of the molecule is CCC(C(=O)N(C)Cc1cccc(F)c1)C(N)=S. The van der Waals surface area contributed by atoms with Gasteiger partial charge in [0.1, 0.15) is 5.82 Å². The summed E-state index contributed by atoms with van der Waals surface area (Å²) in [6, 6.07) is 6.17. The maximum absolute atomic E-state index is 13.0. The lowest BCUT2D eigenvalue weighted by molar-refractivity contribution is -0.132. The van der Waals surface area contributed by atoms with E-state index in [1.807, 2.05) is 6.92 Å². The van der Waals surface area contributed by atoms with Gasteiger partial charge in [0.05, 0.1) is 10.9 Å². The number of hydrogen-bond acceptors (Lipinski definition) is 2. The molecular weight excluding hydrogens is 251 g/mol. The number of amides is 1. The topological polar surface area (TPSA) is 46.3 Å². The maximum atomic E-state index is 13.0. The normalized spacial score (nSPS) is 11.9. The molecular formula is C13H17FN2OS. The molecule has 1 atom stereocenters. The second-order valence-corrected chi connectivity index (χ2v) is 4.66. The molecule has 0 aromatic heterocycles. The average molecular weight is 268 g/mol. The summed E-state index contributed by atoms with van der Waals surface area (Å²) < 4.78 is 13.0. The van der Waals surface area contributed by atoms with E-state index < -0.39 is 5.92 Å². The monoisotopic (exact) mass is 268 g/mol. The zero-order valence-electron chi connectivity index (χ0n) is 10.5. The van der Waals surface area contributed by atoms with Gasteiger partial charge in [-0.2, -0.15) is 0 Å². The Balaban J connectivity index is 2.73. The molecule has 3 nitrogen and oxygen atoms in total. The van der Waals surface area contributed by atoms with Crippen molar-refractivity contribution in [2.75, 3.05) is 7.05 Å². The maximum Gasteiger partial charge on any atom is 0.232 e. The van der Waals surface area contributed by atoms with E-state index in [0.717, 1.165) is 5.56 Å². The first-order valence-corrected chi connectivity index (χ1v) is 6.15. The van der Waals surface area contributed by atoms with Gasteiger partial charge in [-0.05, 0) is 24.1 Å². The highest BCUT2D eigenvalue weighted by Crippen LogP contribution is 2.11. The molecule has 1 amide bonds. The average Bonchev–Trinajstić information content (AvgIpc) is 2.29. The van der Waals surface area contributed by atoms with Crippen LogP contribution in [0.15, 0.2) is 24.3 Å². The molecule has 0 heterocycles. The Bertz CT molecular complexity index is 450. The molecule has 0 saturated heterocycles. The molecule has 1 aromatic rings. The second-order valence-electron chi connectivity index (χ2n) is 4.19. The molecule has 18 heavy (non-hydrogen) atoms. The van der Waals surface area contributed by atoms with E-state index in [-0.39, 0.29) is 16.7 Å². The molecule has 0 fully saturated rings. The summed E-state index contributed by atoms with van der Waals surface area (Å²) >= 11 is 4.87. The lowest BCUT2D eigenvalue weighted by Gasteiger charge is -2.22. The van der Waals surface area contributed by atoms with E-state index in [2.05, 4.69) is 0 Å². The minimum Gasteiger partial charge on any atom is -0.393 e. The van der Waals surface area contributed by atoms with Crippen molar-refractivity contribution in [2.45, 2.75) is 19.9 Å². The quantitative estimate of drug-likeness (QED) is 0.832. The Morgan fingerprint density at radius 3 is 2.72 bits per heavy atom. The van der Waals surface area contributed by atoms with Crippen LogP contribution in [0.1, 0.15) is 18.9 Å². The van der Waals surface area contributed by atoms with Gasteiger partial charge < -0.3 is 10.6 Å². The van der Waals surface area contributed by atoms with Crippen LogP contribution in [-0.2, 0) is 11.3 Å². The smallest absolute Gasteiger partial charge is 0.232 e. The number of thiocarbonyl (C=S) groups is 1. The van der Waals surface area contributed by atoms with Crippen LogP contribution in [0.2, 0.25) is 0 Å². The third-order valence-electron chi connectivity index (χ3n) is 2.73. The van der Waals surface area contributed by atoms with Crippen molar-refractivity contribution < 1.29 is 9.18 Å². The standard InChI is InChI=1S/C13H17FN2OS/c1-3-11(12(15)18)13(17)16(2)8-9-5-4-6-10(14)7-9/h4-7,11H,3,8H2,1-2H3,(H2,15,18). The number of nitrogens with zero attached hydrogens (tertiary/aromatic N) is 1. The minimum absolute atomic E-state index is 0.130. The number of halogens is 1. The van der Waals surface area contributed by atoms with E-state index in [9.17, 15) is 9.18 Å². The van der Waals surface area contributed by atoms with Crippen molar-refractivity contribution in [3.8, 4) is 0 Å². The minimum atomic E-state index is -0.446. The van der Waals surface area contributed by atoms with Gasteiger partial charge in [0.2, 0.25) is 5.91 Å². The van der Waals surface area contributed by atoms with Crippen LogP contribution in [0.5, 0.6) is 0 Å². The summed E-state index contributed by atoms with van der Waals surface area (Å²) in [5.74, 6) is -0.887. The number of carbonyl (C=O) groups excluding carboxylic acids is 1. The van der Waals surface area contributed by atoms with Crippen molar-refractivity contribution in [1.29, 1.82) is 0 Å². The summed E-state index contributed by atoms with van der Waals surface area (Å²) in [5, 5.41) is 0. The van der Waals surface area contributed by atoms with Crippen molar-refractivity contribution in [2.24, 2.45) is 11.7 Å². The van der Waals surface area contributed by atoms with Crippen LogP contribution in [0.3, 0.4) is 0 Å². The number of hydrogen-bond donors (Lipinski definition) is 1. The molecule has 0 aliphatic carbocycles. The Labute approximate surface area is 112 Å². The molecule has 0 spiro atoms. The zero-order chi connectivity index (χ0) is 13.7. The first-order chi connectivity index (χ1) is 8.45. The summed E-state index contributed by atoms with van der Waals surface area (Å²) in [6.07, 6.45) is 0.571. The summed E-state index contributed by atoms with van der Waals surface area (Å²) in [5.41, 5.74) is 6.27. The van der Waals surface area contributed by atoms with Crippen LogP contribution in [-0.4, -0.2) is 22.8 Å². The van der Waals surface area contributed by atoms with Gasteiger partial charge in [-0.15, -0.1) is 0 Å². The molecule has 0 aliphatic heterocycles.